The summed E-state index contributed by atoms with van der Waals surface area (Å²) in [5, 5.41) is 11.7. The molecule has 2 fully saturated rings. The number of rotatable bonds is 16. The van der Waals surface area contributed by atoms with Crippen molar-refractivity contribution in [2.75, 3.05) is 46.9 Å². The molecule has 3 aromatic carbocycles. The fraction of sp³-hybridized carbons (Fsp3) is 0.422. The van der Waals surface area contributed by atoms with Crippen LogP contribution < -0.4 is 26.0 Å². The Morgan fingerprint density at radius 2 is 1.57 bits per heavy atom. The zero-order chi connectivity index (χ0) is 45.1. The molecule has 5 N–H and O–H groups in total. The van der Waals surface area contributed by atoms with Crippen molar-refractivity contribution >= 4 is 68.2 Å². The number of piperidine rings is 2. The number of amides is 4. The molecule has 63 heavy (non-hydrogen) atoms. The molecular weight excluding hydrogens is 833 g/mol. The number of halogens is 2. The van der Waals surface area contributed by atoms with E-state index in [1.165, 1.54) is 39.0 Å². The van der Waals surface area contributed by atoms with Gasteiger partial charge in [-0.3, -0.25) is 34.1 Å². The molecule has 3 aliphatic heterocycles. The lowest BCUT2D eigenvalue weighted by Gasteiger charge is -2.32. The molecule has 4 aromatic rings. The summed E-state index contributed by atoms with van der Waals surface area (Å²) >= 11 is 0. The minimum absolute atomic E-state index is 0.0683. The number of nitrogens with zero attached hydrogens (tertiary/aromatic N) is 4. The molecule has 0 aliphatic carbocycles. The maximum atomic E-state index is 15.6. The van der Waals surface area contributed by atoms with Gasteiger partial charge in [0.05, 0.1) is 21.6 Å². The van der Waals surface area contributed by atoms with Crippen molar-refractivity contribution in [2.24, 2.45) is 0 Å². The third-order valence-electron chi connectivity index (χ3n) is 11.7. The Morgan fingerprint density at radius 1 is 0.841 bits per heavy atom. The van der Waals surface area contributed by atoms with Gasteiger partial charge in [0.1, 0.15) is 23.5 Å². The Morgan fingerprint density at radius 3 is 2.30 bits per heavy atom. The number of aryl methyl sites for hydroxylation is 1. The number of carbonyl (C=O) groups excluding carboxylic acids is 4. The Balaban J connectivity index is 0.835. The second kappa shape index (κ2) is 18.8. The van der Waals surface area contributed by atoms with Crippen molar-refractivity contribution in [1.29, 1.82) is 0 Å². The first-order valence-corrected chi connectivity index (χ1v) is 22.8. The van der Waals surface area contributed by atoms with E-state index in [1.807, 2.05) is 12.1 Å². The van der Waals surface area contributed by atoms with Crippen molar-refractivity contribution in [1.82, 2.24) is 25.1 Å². The third-order valence-corrected chi connectivity index (χ3v) is 13.8. The molecule has 2 saturated heterocycles. The molecule has 0 radical (unpaired) electrons. The molecule has 3 aliphatic rings. The number of sulfonamides is 1. The van der Waals surface area contributed by atoms with Crippen LogP contribution in [0.15, 0.2) is 60.8 Å². The highest BCUT2D eigenvalue weighted by molar-refractivity contribution is 7.94. The third kappa shape index (κ3) is 10.3. The molecule has 4 amide bonds. The summed E-state index contributed by atoms with van der Waals surface area (Å²) < 4.78 is 56.6. The zero-order valence-corrected chi connectivity index (χ0v) is 36.6. The highest BCUT2D eigenvalue weighted by Gasteiger charge is 2.45. The molecule has 1 aromatic heterocycles. The van der Waals surface area contributed by atoms with E-state index in [0.29, 0.717) is 40.6 Å². The highest BCUT2D eigenvalue weighted by atomic mass is 32.2. The van der Waals surface area contributed by atoms with Gasteiger partial charge in [0.25, 0.3) is 11.8 Å². The second-order valence-corrected chi connectivity index (χ2v) is 19.7. The lowest BCUT2D eigenvalue weighted by Crippen LogP contribution is -2.54. The van der Waals surface area contributed by atoms with Crippen molar-refractivity contribution < 1.29 is 36.4 Å². The predicted octanol–water partition coefficient (Wildman–Crippen LogP) is 7.34. The number of hydrogen-bond acceptors (Lipinski definition) is 12. The van der Waals surface area contributed by atoms with Crippen molar-refractivity contribution in [3.05, 3.63) is 94.7 Å². The smallest absolute Gasteiger partial charge is 0.264 e. The first kappa shape index (κ1) is 45.0. The van der Waals surface area contributed by atoms with Gasteiger partial charge in [-0.05, 0) is 133 Å². The molecule has 0 saturated carbocycles. The van der Waals surface area contributed by atoms with E-state index in [9.17, 15) is 32.0 Å². The number of nitrogens with one attached hydrogen (secondary N) is 5. The van der Waals surface area contributed by atoms with Gasteiger partial charge in [-0.2, -0.15) is 4.98 Å². The molecule has 0 spiro atoms. The normalized spacial score (nSPS) is 17.4. The molecule has 1 atom stereocenters. The van der Waals surface area contributed by atoms with Crippen LogP contribution in [0.4, 0.5) is 43.3 Å². The fourth-order valence-electron chi connectivity index (χ4n) is 7.98. The molecule has 15 nitrogen and oxygen atoms in total. The average Bonchev–Trinajstić information content (AvgIpc) is 3.48. The van der Waals surface area contributed by atoms with Crippen LogP contribution in [0.3, 0.4) is 0 Å². The van der Waals surface area contributed by atoms with Gasteiger partial charge >= 0.3 is 0 Å². The van der Waals surface area contributed by atoms with Crippen LogP contribution in [0.1, 0.15) is 110 Å². The van der Waals surface area contributed by atoms with Crippen LogP contribution in [0.2, 0.25) is 0 Å². The number of anilines is 6. The van der Waals surface area contributed by atoms with Gasteiger partial charge in [-0.25, -0.2) is 22.2 Å². The van der Waals surface area contributed by atoms with Crippen LogP contribution in [-0.2, 0) is 19.6 Å². The zero-order valence-electron chi connectivity index (χ0n) is 35.8. The number of hydrogen-bond donors (Lipinski definition) is 5. The summed E-state index contributed by atoms with van der Waals surface area (Å²) in [7, 11) is -3.86. The van der Waals surface area contributed by atoms with Gasteiger partial charge in [0.15, 0.2) is 0 Å². The Kier molecular flexibility index (Phi) is 13.4. The maximum Gasteiger partial charge on any atom is 0.264 e. The minimum atomic E-state index is -3.86. The number of likely N-dealkylation sites (tertiary alicyclic amines) is 1. The topological polar surface area (TPSA) is 195 Å². The lowest BCUT2D eigenvalue weighted by molar-refractivity contribution is -0.136. The summed E-state index contributed by atoms with van der Waals surface area (Å²) in [6.07, 6.45) is 7.35. The van der Waals surface area contributed by atoms with E-state index >= 15 is 4.39 Å². The summed E-state index contributed by atoms with van der Waals surface area (Å²) in [6.45, 7) is 9.66. The Bertz CT molecular complexity index is 2520. The number of carbonyl (C=O) groups is 4. The largest absolute Gasteiger partial charge is 0.384 e. The highest BCUT2D eigenvalue weighted by Crippen LogP contribution is 2.34. The predicted molar refractivity (Wildman–Crippen MR) is 237 cm³/mol. The summed E-state index contributed by atoms with van der Waals surface area (Å²) in [6, 6.07) is 13.1. The summed E-state index contributed by atoms with van der Waals surface area (Å²) in [5.41, 5.74) is 3.11. The van der Waals surface area contributed by atoms with E-state index in [0.717, 1.165) is 69.1 Å². The quantitative estimate of drug-likeness (QED) is 0.0556. The second-order valence-electron chi connectivity index (χ2n) is 17.3. The summed E-state index contributed by atoms with van der Waals surface area (Å²) in [4.78, 5) is 62.7. The van der Waals surface area contributed by atoms with Gasteiger partial charge < -0.3 is 20.9 Å². The van der Waals surface area contributed by atoms with E-state index in [2.05, 4.69) is 40.9 Å². The van der Waals surface area contributed by atoms with Crippen LogP contribution in [-0.4, -0.2) is 88.8 Å². The van der Waals surface area contributed by atoms with E-state index in [4.69, 9.17) is 0 Å². The van der Waals surface area contributed by atoms with E-state index in [-0.39, 0.29) is 47.3 Å². The number of imide groups is 2. The summed E-state index contributed by atoms with van der Waals surface area (Å²) in [5.74, 6) is -2.42. The Hall–Kier alpha value is -6.01. The SMILES string of the molecule is Cc1cnc(Nc2ccc(C3CCN(CCCCCCNc4cccc5c4C(=O)N(C4CCC(=O)NC4=O)C5=O)CC3)c(F)c2)nc1Nc1ccc(F)c(NS(=O)(=O)C(C)(C)C)c1. The minimum Gasteiger partial charge on any atom is -0.384 e. The molecule has 4 heterocycles. The fourth-order valence-corrected chi connectivity index (χ4v) is 8.73. The van der Waals surface area contributed by atoms with Gasteiger partial charge in [-0.15, -0.1) is 0 Å². The Labute approximate surface area is 365 Å². The van der Waals surface area contributed by atoms with Crippen LogP contribution in [0, 0.1) is 18.6 Å². The van der Waals surface area contributed by atoms with Crippen LogP contribution >= 0.6 is 0 Å². The van der Waals surface area contributed by atoms with Crippen LogP contribution in [0.25, 0.3) is 0 Å². The number of benzene rings is 3. The van der Waals surface area contributed by atoms with Gasteiger partial charge in [0, 0.05) is 41.8 Å². The molecule has 334 valence electrons. The van der Waals surface area contributed by atoms with Crippen molar-refractivity contribution in [3.8, 4) is 0 Å². The number of unbranched alkanes of at least 4 members (excludes halogenated alkanes) is 3. The van der Waals surface area contributed by atoms with E-state index < -0.39 is 50.3 Å². The molecular formula is C45H53F2N9O6S. The average molecular weight is 886 g/mol. The van der Waals surface area contributed by atoms with Gasteiger partial charge in [0.2, 0.25) is 27.8 Å². The number of aromatic nitrogens is 2. The number of fused-ring (bicyclic) bond motifs is 1. The first-order valence-electron chi connectivity index (χ1n) is 21.3. The monoisotopic (exact) mass is 885 g/mol. The molecule has 0 bridgehead atoms. The molecule has 18 heteroatoms. The van der Waals surface area contributed by atoms with Crippen LogP contribution in [0.5, 0.6) is 0 Å². The van der Waals surface area contributed by atoms with E-state index in [1.54, 1.807) is 31.3 Å². The maximum absolute atomic E-state index is 15.6. The lowest BCUT2D eigenvalue weighted by atomic mass is 9.89. The van der Waals surface area contributed by atoms with Crippen molar-refractivity contribution in [3.63, 3.8) is 0 Å². The van der Waals surface area contributed by atoms with Crippen molar-refractivity contribution in [2.45, 2.75) is 95.8 Å². The molecule has 1 unspecified atom stereocenters. The standard InChI is InChI=1S/C45H53F2N9O6S/c1-27-26-49-44(53-40(27)50-30-13-15-33(46)36(25-30)54-63(61,62)45(2,3)4)51-29-12-14-31(34(47)24-29)28-18-22-55(23-19-28)21-8-6-5-7-20-48-35-11-9-10-32-39(35)43(60)56(42(32)59)37-16-17-38(57)52-41(37)58/h9-15,24-26,28,37,48,54H,5-8,16-23H2,1-4H3,(H,52,57,58)(H2,49,50,51,53). The first-order chi connectivity index (χ1) is 30.0. The molecule has 7 rings (SSSR count). The van der Waals surface area contributed by atoms with Gasteiger partial charge in [-0.1, -0.05) is 25.0 Å².